The molecule has 4 aromatic rings. The second kappa shape index (κ2) is 9.63. The highest BCUT2D eigenvalue weighted by Gasteiger charge is 2.55. The zero-order valence-electron chi connectivity index (χ0n) is 19.5. The first-order chi connectivity index (χ1) is 17.5. The van der Waals surface area contributed by atoms with Gasteiger partial charge >= 0.3 is 11.9 Å². The van der Waals surface area contributed by atoms with E-state index < -0.39 is 22.6 Å². The van der Waals surface area contributed by atoms with E-state index in [1.165, 1.54) is 4.90 Å². The van der Waals surface area contributed by atoms with Crippen molar-refractivity contribution in [2.75, 3.05) is 18.0 Å². The van der Waals surface area contributed by atoms with Crippen molar-refractivity contribution in [1.29, 1.82) is 0 Å². The number of fused-ring (bicyclic) bond motifs is 1. The average molecular weight is 485 g/mol. The lowest BCUT2D eigenvalue weighted by atomic mass is 10.1. The van der Waals surface area contributed by atoms with Crippen LogP contribution in [0.15, 0.2) is 85.3 Å². The van der Waals surface area contributed by atoms with Gasteiger partial charge in [0.25, 0.3) is 5.91 Å². The van der Waals surface area contributed by atoms with Crippen molar-refractivity contribution < 1.29 is 23.6 Å². The lowest BCUT2D eigenvalue weighted by Gasteiger charge is -2.34. The quantitative estimate of drug-likeness (QED) is 0.403. The molecule has 4 amide bonds. The summed E-state index contributed by atoms with van der Waals surface area (Å²) in [7, 11) is 0. The van der Waals surface area contributed by atoms with Gasteiger partial charge in [0.2, 0.25) is 6.23 Å². The van der Waals surface area contributed by atoms with Gasteiger partial charge in [-0.1, -0.05) is 24.3 Å². The van der Waals surface area contributed by atoms with Crippen LogP contribution in [-0.2, 0) is 4.79 Å². The van der Waals surface area contributed by atoms with Crippen molar-refractivity contribution in [2.45, 2.75) is 19.1 Å². The second-order valence-electron chi connectivity index (χ2n) is 8.73. The first kappa shape index (κ1) is 23.3. The molecule has 1 fully saturated rings. The number of rotatable bonds is 6. The first-order valence-electron chi connectivity index (χ1n) is 11.7. The number of likely N-dealkylation sites (tertiary alicyclic amines) is 1. The fourth-order valence-corrected chi connectivity index (χ4v) is 4.75. The maximum atomic E-state index is 13.9. The number of imide groups is 1. The monoisotopic (exact) mass is 484 g/mol. The Morgan fingerprint density at radius 1 is 1.06 bits per heavy atom. The summed E-state index contributed by atoms with van der Waals surface area (Å²) >= 11 is 0. The molecule has 3 N–H and O–H groups in total. The normalized spacial score (nSPS) is 19.2. The van der Waals surface area contributed by atoms with Crippen LogP contribution in [-0.4, -0.2) is 51.6 Å². The number of hydrogen-bond donors (Lipinski definition) is 2. The van der Waals surface area contributed by atoms with Crippen molar-refractivity contribution in [1.82, 2.24) is 9.97 Å². The van der Waals surface area contributed by atoms with Crippen LogP contribution >= 0.6 is 0 Å². The molecule has 1 unspecified atom stereocenters. The Bertz CT molecular complexity index is 1410. The van der Waals surface area contributed by atoms with Crippen molar-refractivity contribution in [2.24, 2.45) is 5.73 Å². The van der Waals surface area contributed by atoms with Crippen molar-refractivity contribution in [3.05, 3.63) is 90.9 Å². The number of primary amides is 1. The third-order valence-electron chi connectivity index (χ3n) is 6.62. The third-order valence-corrected chi connectivity index (χ3v) is 6.62. The molecule has 9 nitrogen and oxygen atoms in total. The van der Waals surface area contributed by atoms with E-state index in [1.807, 2.05) is 18.2 Å². The van der Waals surface area contributed by atoms with Gasteiger partial charge in [-0.15, -0.1) is 4.48 Å². The van der Waals surface area contributed by atoms with E-state index >= 15 is 0 Å². The number of nitrogens with one attached hydrogen (secondary N) is 1. The second-order valence-corrected chi connectivity index (χ2v) is 8.73. The summed E-state index contributed by atoms with van der Waals surface area (Å²) in [5, 5.41) is 0.972. The van der Waals surface area contributed by atoms with E-state index in [1.54, 1.807) is 67.1 Å². The summed E-state index contributed by atoms with van der Waals surface area (Å²) < 4.78 is 5.36. The zero-order valence-corrected chi connectivity index (χ0v) is 19.5. The van der Waals surface area contributed by atoms with E-state index in [0.29, 0.717) is 29.8 Å². The number of nitrogens with zero attached hydrogens (tertiary/aromatic N) is 3. The Balaban J connectivity index is 1.48. The molecule has 1 aliphatic rings. The van der Waals surface area contributed by atoms with Gasteiger partial charge in [-0.25, -0.2) is 9.59 Å². The SMILES string of the molecule is NC(=O)[N@+]1(C(=O)CN(C(=O)c2ccc3cc[nH]c3c2)c2ccccc2)CCCC1Oc1ccncc1. The summed E-state index contributed by atoms with van der Waals surface area (Å²) in [5.41, 5.74) is 7.61. The van der Waals surface area contributed by atoms with Crippen molar-refractivity contribution in [3.63, 3.8) is 0 Å². The summed E-state index contributed by atoms with van der Waals surface area (Å²) in [5.74, 6) is -0.375. The summed E-state index contributed by atoms with van der Waals surface area (Å²) in [4.78, 5) is 48.9. The molecule has 2 aromatic heterocycles. The summed E-state index contributed by atoms with van der Waals surface area (Å²) in [6, 6.07) is 18.7. The maximum Gasteiger partial charge on any atom is 0.424 e. The minimum atomic E-state index is -0.801. The first-order valence-corrected chi connectivity index (χ1v) is 11.7. The molecule has 0 bridgehead atoms. The van der Waals surface area contributed by atoms with Gasteiger partial charge in [-0.2, -0.15) is 0 Å². The molecule has 36 heavy (non-hydrogen) atoms. The van der Waals surface area contributed by atoms with Crippen LogP contribution in [0.4, 0.5) is 10.5 Å². The smallest absolute Gasteiger partial charge is 0.424 e. The Kier molecular flexibility index (Phi) is 6.22. The molecule has 0 spiro atoms. The topological polar surface area (TPSA) is 118 Å². The number of aromatic amines is 1. The Morgan fingerprint density at radius 2 is 1.83 bits per heavy atom. The van der Waals surface area contributed by atoms with Crippen LogP contribution < -0.4 is 15.4 Å². The van der Waals surface area contributed by atoms with Gasteiger partial charge in [-0.05, 0) is 47.9 Å². The molecular formula is C27H26N5O4+. The number of amides is 4. The molecule has 0 aliphatic carbocycles. The highest BCUT2D eigenvalue weighted by atomic mass is 16.5. The number of anilines is 1. The van der Waals surface area contributed by atoms with Crippen LogP contribution in [0.2, 0.25) is 0 Å². The van der Waals surface area contributed by atoms with Crippen LogP contribution in [0.3, 0.4) is 0 Å². The Hall–Kier alpha value is -4.50. The number of carbonyl (C=O) groups excluding carboxylic acids is 3. The number of benzene rings is 2. The summed E-state index contributed by atoms with van der Waals surface area (Å²) in [6.07, 6.45) is 5.20. The number of hydrogen-bond acceptors (Lipinski definition) is 5. The zero-order chi connectivity index (χ0) is 25.1. The number of para-hydroxylation sites is 1. The van der Waals surface area contributed by atoms with E-state index in [9.17, 15) is 14.4 Å². The van der Waals surface area contributed by atoms with Crippen molar-refractivity contribution in [3.8, 4) is 5.75 Å². The molecule has 0 radical (unpaired) electrons. The number of nitrogens with two attached hydrogens (primary N) is 1. The molecule has 9 heteroatoms. The molecule has 1 aliphatic heterocycles. The number of carbonyl (C=O) groups is 3. The predicted molar refractivity (Wildman–Crippen MR) is 134 cm³/mol. The number of H-pyrrole nitrogens is 1. The standard InChI is InChI=1S/C27H25N5O4/c28-27(35)32(16-4-7-25(32)36-22-11-13-29-14-12-22)24(33)18-31(21-5-2-1-3-6-21)26(34)20-9-8-19-10-15-30-23(19)17-20/h1-3,5-6,8-15,17,25H,4,7,16,18H2,(H2-,28,30,34,35)/p+1/t25?,32-/m0/s1. The predicted octanol–water partition coefficient (Wildman–Crippen LogP) is 3.83. The third kappa shape index (κ3) is 4.20. The molecule has 182 valence electrons. The van der Waals surface area contributed by atoms with Crippen molar-refractivity contribution >= 4 is 34.4 Å². The van der Waals surface area contributed by atoms with E-state index in [2.05, 4.69) is 9.97 Å². The van der Waals surface area contributed by atoms with Crippen LogP contribution in [0.5, 0.6) is 5.75 Å². The highest BCUT2D eigenvalue weighted by Crippen LogP contribution is 2.31. The molecule has 2 atom stereocenters. The molecule has 1 saturated heterocycles. The molecule has 0 saturated carbocycles. The molecule has 3 heterocycles. The van der Waals surface area contributed by atoms with E-state index in [-0.39, 0.29) is 19.0 Å². The largest absolute Gasteiger partial charge is 0.442 e. The number of ether oxygens (including phenoxy) is 1. The number of aromatic nitrogens is 2. The van der Waals surface area contributed by atoms with E-state index in [4.69, 9.17) is 10.5 Å². The summed E-state index contributed by atoms with van der Waals surface area (Å²) in [6.45, 7) is -0.139. The van der Waals surface area contributed by atoms with E-state index in [0.717, 1.165) is 10.9 Å². The van der Waals surface area contributed by atoms with Gasteiger partial charge in [-0.3, -0.25) is 14.7 Å². The maximum absolute atomic E-state index is 13.9. The highest BCUT2D eigenvalue weighted by molar-refractivity contribution is 6.10. The van der Waals surface area contributed by atoms with Gasteiger partial charge in [0.15, 0.2) is 0 Å². The van der Waals surface area contributed by atoms with Gasteiger partial charge < -0.3 is 15.5 Å². The minimum Gasteiger partial charge on any atom is -0.442 e. The molecule has 2 aromatic carbocycles. The Morgan fingerprint density at radius 3 is 2.58 bits per heavy atom. The lowest BCUT2D eigenvalue weighted by Crippen LogP contribution is -2.66. The molecule has 5 rings (SSSR count). The van der Waals surface area contributed by atoms with Crippen LogP contribution in [0, 0.1) is 0 Å². The molecular weight excluding hydrogens is 458 g/mol. The number of pyridine rings is 1. The number of quaternary nitrogens is 1. The fraction of sp³-hybridized carbons (Fsp3) is 0.185. The van der Waals surface area contributed by atoms with Gasteiger partial charge in [0.1, 0.15) is 12.3 Å². The van der Waals surface area contributed by atoms with Crippen LogP contribution in [0.25, 0.3) is 10.9 Å². The van der Waals surface area contributed by atoms with Crippen LogP contribution in [0.1, 0.15) is 23.2 Å². The van der Waals surface area contributed by atoms with Gasteiger partial charge in [0.05, 0.1) is 6.54 Å². The lowest BCUT2D eigenvalue weighted by molar-refractivity contribution is -0.806. The average Bonchev–Trinajstić information content (AvgIpc) is 3.55. The minimum absolute atomic E-state index is 0.204. The Labute approximate surface area is 207 Å². The fourth-order valence-electron chi connectivity index (χ4n) is 4.75. The van der Waals surface area contributed by atoms with Gasteiger partial charge in [0, 0.05) is 48.2 Å². The number of urea groups is 1.